The van der Waals surface area contributed by atoms with Crippen molar-refractivity contribution in [1.29, 1.82) is 0 Å². The molecule has 0 unspecified atom stereocenters. The maximum Gasteiger partial charge on any atom is 0.360 e. The smallest absolute Gasteiger partial charge is 0.360 e. The van der Waals surface area contributed by atoms with E-state index < -0.39 is 28.5 Å². The largest absolute Gasteiger partial charge is 0.495 e. The van der Waals surface area contributed by atoms with Crippen molar-refractivity contribution in [3.63, 3.8) is 0 Å². The summed E-state index contributed by atoms with van der Waals surface area (Å²) in [5.74, 6) is -1.48. The minimum atomic E-state index is -1.31. The fraction of sp³-hybridized carbons (Fsp3) is 0.120. The van der Waals surface area contributed by atoms with Gasteiger partial charge in [-0.05, 0) is 31.2 Å². The number of carbonyl (C=O) groups excluding carboxylic acids is 2. The molecule has 0 spiro atoms. The lowest BCUT2D eigenvalue weighted by Crippen LogP contribution is -2.31. The first kappa shape index (κ1) is 24.1. The first-order valence-electron chi connectivity index (χ1n) is 10.7. The van der Waals surface area contributed by atoms with Gasteiger partial charge >= 0.3 is 5.97 Å². The summed E-state index contributed by atoms with van der Waals surface area (Å²) in [6.07, 6.45) is -1.31. The highest BCUT2D eigenvalue weighted by Gasteiger charge is 2.25. The van der Waals surface area contributed by atoms with Gasteiger partial charge in [0.25, 0.3) is 17.2 Å². The number of non-ortho nitro benzene ring substituents is 1. The van der Waals surface area contributed by atoms with Gasteiger partial charge in [-0.1, -0.05) is 36.4 Å². The number of aromatic nitrogens is 2. The second kappa shape index (κ2) is 10.1. The summed E-state index contributed by atoms with van der Waals surface area (Å²) in [5.41, 5.74) is -0.334. The van der Waals surface area contributed by atoms with Crippen LogP contribution in [-0.2, 0) is 9.53 Å². The van der Waals surface area contributed by atoms with Gasteiger partial charge in [-0.25, -0.2) is 4.79 Å². The third-order valence-electron chi connectivity index (χ3n) is 5.30. The van der Waals surface area contributed by atoms with Gasteiger partial charge in [0, 0.05) is 17.5 Å². The molecule has 4 aromatic rings. The van der Waals surface area contributed by atoms with E-state index in [0.717, 1.165) is 10.7 Å². The van der Waals surface area contributed by atoms with Crippen LogP contribution in [0.2, 0.25) is 0 Å². The van der Waals surface area contributed by atoms with Crippen LogP contribution < -0.4 is 15.6 Å². The minimum Gasteiger partial charge on any atom is -0.495 e. The van der Waals surface area contributed by atoms with Gasteiger partial charge in [0.1, 0.15) is 5.75 Å². The maximum atomic E-state index is 13.1. The van der Waals surface area contributed by atoms with Gasteiger partial charge < -0.3 is 14.8 Å². The Kier molecular flexibility index (Phi) is 6.72. The minimum absolute atomic E-state index is 0.0424. The van der Waals surface area contributed by atoms with Crippen LogP contribution in [-0.4, -0.2) is 39.8 Å². The fourth-order valence-corrected chi connectivity index (χ4v) is 3.50. The number of methoxy groups -OCH3 is 1. The molecule has 1 atom stereocenters. The van der Waals surface area contributed by atoms with Gasteiger partial charge in [0.2, 0.25) is 0 Å². The van der Waals surface area contributed by atoms with Crippen molar-refractivity contribution in [2.75, 3.05) is 12.4 Å². The number of nitro groups is 1. The van der Waals surface area contributed by atoms with E-state index in [1.807, 2.05) is 0 Å². The van der Waals surface area contributed by atoms with Gasteiger partial charge in [-0.3, -0.25) is 19.7 Å². The fourth-order valence-electron chi connectivity index (χ4n) is 3.50. The Bertz CT molecular complexity index is 1530. The first-order valence-corrected chi connectivity index (χ1v) is 10.7. The summed E-state index contributed by atoms with van der Waals surface area (Å²) in [6.45, 7) is 1.34. The van der Waals surface area contributed by atoms with E-state index in [0.29, 0.717) is 5.69 Å². The monoisotopic (exact) mass is 488 g/mol. The molecule has 11 heteroatoms. The molecule has 36 heavy (non-hydrogen) atoms. The zero-order valence-electron chi connectivity index (χ0n) is 19.2. The molecule has 0 aliphatic carbocycles. The molecule has 0 aliphatic rings. The molecule has 0 bridgehead atoms. The Hall–Kier alpha value is -5.06. The Morgan fingerprint density at radius 1 is 1.03 bits per heavy atom. The molecule has 0 fully saturated rings. The number of hydrogen-bond donors (Lipinski definition) is 1. The molecular weight excluding hydrogens is 468 g/mol. The molecule has 1 heterocycles. The van der Waals surface area contributed by atoms with Gasteiger partial charge in [0.15, 0.2) is 11.8 Å². The molecule has 4 rings (SSSR count). The van der Waals surface area contributed by atoms with E-state index >= 15 is 0 Å². The van der Waals surface area contributed by atoms with E-state index in [2.05, 4.69) is 10.4 Å². The number of anilines is 1. The van der Waals surface area contributed by atoms with Crippen LogP contribution in [0.15, 0.2) is 77.6 Å². The van der Waals surface area contributed by atoms with Crippen molar-refractivity contribution >= 4 is 34.0 Å². The Balaban J connectivity index is 1.63. The highest BCUT2D eigenvalue weighted by molar-refractivity contribution is 6.04. The Labute approximate surface area is 204 Å². The molecule has 182 valence electrons. The van der Waals surface area contributed by atoms with Gasteiger partial charge in [0.05, 0.1) is 28.8 Å². The number of carbonyl (C=O) groups is 2. The number of amides is 1. The lowest BCUT2D eigenvalue weighted by molar-refractivity contribution is -0.384. The molecule has 11 nitrogen and oxygen atoms in total. The lowest BCUT2D eigenvalue weighted by Gasteiger charge is -2.16. The lowest BCUT2D eigenvalue weighted by atomic mass is 10.1. The van der Waals surface area contributed by atoms with E-state index in [1.165, 1.54) is 26.2 Å². The van der Waals surface area contributed by atoms with Crippen molar-refractivity contribution in [1.82, 2.24) is 9.78 Å². The SMILES string of the molecule is COc1ccc([N+](=O)[O-])cc1NC(=O)[C@H](C)OC(=O)c1nn(-c2ccccc2)c(=O)c2ccccc12. The zero-order valence-corrected chi connectivity index (χ0v) is 19.2. The van der Waals surface area contributed by atoms with Crippen molar-refractivity contribution in [2.24, 2.45) is 0 Å². The third kappa shape index (κ3) is 4.75. The van der Waals surface area contributed by atoms with Gasteiger partial charge in [-0.15, -0.1) is 0 Å². The quantitative estimate of drug-likeness (QED) is 0.237. The second-order valence-electron chi connectivity index (χ2n) is 7.63. The molecule has 0 saturated heterocycles. The summed E-state index contributed by atoms with van der Waals surface area (Å²) in [7, 11) is 1.35. The number of hydrogen-bond acceptors (Lipinski definition) is 8. The number of nitro benzene ring substituents is 1. The zero-order chi connectivity index (χ0) is 25.8. The van der Waals surface area contributed by atoms with Crippen molar-refractivity contribution in [2.45, 2.75) is 13.0 Å². The summed E-state index contributed by atoms with van der Waals surface area (Å²) in [4.78, 5) is 49.3. The van der Waals surface area contributed by atoms with Crippen LogP contribution in [0, 0.1) is 10.1 Å². The molecule has 3 aromatic carbocycles. The predicted molar refractivity (Wildman–Crippen MR) is 130 cm³/mol. The van der Waals surface area contributed by atoms with E-state index in [9.17, 15) is 24.5 Å². The molecule has 1 aromatic heterocycles. The number of nitrogens with zero attached hydrogens (tertiary/aromatic N) is 3. The van der Waals surface area contributed by atoms with Crippen LogP contribution >= 0.6 is 0 Å². The summed E-state index contributed by atoms with van der Waals surface area (Å²) in [5, 5.41) is 18.3. The number of nitrogens with one attached hydrogen (secondary N) is 1. The number of para-hydroxylation sites is 1. The average molecular weight is 488 g/mol. The van der Waals surface area contributed by atoms with Crippen molar-refractivity contribution in [3.05, 3.63) is 99.0 Å². The van der Waals surface area contributed by atoms with E-state index in [-0.39, 0.29) is 33.6 Å². The normalized spacial score (nSPS) is 11.5. The van der Waals surface area contributed by atoms with E-state index in [4.69, 9.17) is 9.47 Å². The number of fused-ring (bicyclic) bond motifs is 1. The van der Waals surface area contributed by atoms with Crippen LogP contribution in [0.4, 0.5) is 11.4 Å². The van der Waals surface area contributed by atoms with Crippen molar-refractivity contribution < 1.29 is 24.0 Å². The van der Waals surface area contributed by atoms with Gasteiger partial charge in [-0.2, -0.15) is 9.78 Å². The number of ether oxygens (including phenoxy) is 2. The van der Waals surface area contributed by atoms with E-state index in [1.54, 1.807) is 54.6 Å². The Morgan fingerprint density at radius 2 is 1.69 bits per heavy atom. The first-order chi connectivity index (χ1) is 17.3. The van der Waals surface area contributed by atoms with Crippen molar-refractivity contribution in [3.8, 4) is 11.4 Å². The van der Waals surface area contributed by atoms with Crippen LogP contribution in [0.25, 0.3) is 16.5 Å². The summed E-state index contributed by atoms with van der Waals surface area (Å²) in [6, 6.07) is 18.7. The number of benzene rings is 3. The number of esters is 1. The third-order valence-corrected chi connectivity index (χ3v) is 5.30. The molecule has 0 aliphatic heterocycles. The molecule has 0 radical (unpaired) electrons. The second-order valence-corrected chi connectivity index (χ2v) is 7.63. The molecule has 1 N–H and O–H groups in total. The summed E-state index contributed by atoms with van der Waals surface area (Å²) >= 11 is 0. The topological polar surface area (TPSA) is 143 Å². The highest BCUT2D eigenvalue weighted by atomic mass is 16.6. The molecule has 0 saturated carbocycles. The highest BCUT2D eigenvalue weighted by Crippen LogP contribution is 2.29. The maximum absolute atomic E-state index is 13.1. The standard InChI is InChI=1S/C25H20N4O7/c1-15(23(30)26-20-14-17(29(33)34)12-13-21(20)35-2)36-25(32)22-18-10-6-7-11-19(18)24(31)28(27-22)16-8-4-3-5-9-16/h3-15H,1-2H3,(H,26,30)/t15-/m0/s1. The number of rotatable bonds is 7. The van der Waals surface area contributed by atoms with Crippen LogP contribution in [0.1, 0.15) is 17.4 Å². The average Bonchev–Trinajstić information content (AvgIpc) is 2.89. The Morgan fingerprint density at radius 3 is 2.36 bits per heavy atom. The predicted octanol–water partition coefficient (Wildman–Crippen LogP) is 3.49. The molecular formula is C25H20N4O7. The van der Waals surface area contributed by atoms with Crippen LogP contribution in [0.5, 0.6) is 5.75 Å². The molecule has 1 amide bonds. The van der Waals surface area contributed by atoms with Crippen LogP contribution in [0.3, 0.4) is 0 Å². The summed E-state index contributed by atoms with van der Waals surface area (Å²) < 4.78 is 11.6.